The average molecular weight is 326 g/mol. The third-order valence-corrected chi connectivity index (χ3v) is 4.79. The monoisotopic (exact) mass is 325 g/mol. The van der Waals surface area contributed by atoms with Gasteiger partial charge in [-0.3, -0.25) is 9.69 Å². The predicted molar refractivity (Wildman–Crippen MR) is 79.1 cm³/mol. The van der Waals surface area contributed by atoms with Gasteiger partial charge in [0.2, 0.25) is 0 Å². The number of carboxylic acids is 1. The van der Waals surface area contributed by atoms with Gasteiger partial charge in [0, 0.05) is 17.6 Å². The molecule has 0 saturated carbocycles. The largest absolute Gasteiger partial charge is 0.481 e. The Morgan fingerprint density at radius 3 is 2.89 bits per heavy atom. The highest BCUT2D eigenvalue weighted by Crippen LogP contribution is 2.30. The van der Waals surface area contributed by atoms with Crippen molar-refractivity contribution < 1.29 is 9.90 Å². The molecule has 2 rings (SSSR count). The van der Waals surface area contributed by atoms with E-state index in [0.717, 1.165) is 30.4 Å². The van der Waals surface area contributed by atoms with Gasteiger partial charge in [-0.2, -0.15) is 0 Å². The molecular formula is C15H20BrNO2. The third kappa shape index (κ3) is 3.37. The maximum absolute atomic E-state index is 11.3. The molecule has 1 aromatic rings. The fraction of sp³-hybridized carbons (Fsp3) is 0.533. The number of piperidine rings is 1. The van der Waals surface area contributed by atoms with E-state index < -0.39 is 11.4 Å². The third-order valence-electron chi connectivity index (χ3n) is 3.93. The maximum atomic E-state index is 11.3. The van der Waals surface area contributed by atoms with E-state index in [2.05, 4.69) is 46.0 Å². The van der Waals surface area contributed by atoms with Crippen molar-refractivity contribution in [1.82, 2.24) is 4.90 Å². The number of hydrogen-bond donors (Lipinski definition) is 1. The van der Waals surface area contributed by atoms with Gasteiger partial charge in [-0.1, -0.05) is 28.1 Å². The summed E-state index contributed by atoms with van der Waals surface area (Å²) in [6.07, 6.45) is 1.73. The van der Waals surface area contributed by atoms with Crippen LogP contribution in [0.1, 0.15) is 30.9 Å². The highest BCUT2D eigenvalue weighted by molar-refractivity contribution is 9.10. The maximum Gasteiger partial charge on any atom is 0.310 e. The molecule has 0 aliphatic carbocycles. The Hall–Kier alpha value is -0.870. The Morgan fingerprint density at radius 1 is 1.53 bits per heavy atom. The Labute approximate surface area is 122 Å². The summed E-state index contributed by atoms with van der Waals surface area (Å²) < 4.78 is 1.11. The van der Waals surface area contributed by atoms with E-state index in [1.807, 2.05) is 6.92 Å². The quantitative estimate of drug-likeness (QED) is 0.925. The number of benzene rings is 1. The summed E-state index contributed by atoms with van der Waals surface area (Å²) in [7, 11) is 0. The van der Waals surface area contributed by atoms with Crippen molar-refractivity contribution in [3.8, 4) is 0 Å². The fourth-order valence-corrected chi connectivity index (χ4v) is 3.07. The molecule has 1 atom stereocenters. The predicted octanol–water partition coefficient (Wildman–Crippen LogP) is 3.44. The lowest BCUT2D eigenvalue weighted by Gasteiger charge is -2.37. The molecule has 104 valence electrons. The van der Waals surface area contributed by atoms with E-state index in [4.69, 9.17) is 0 Å². The molecule has 0 bridgehead atoms. The summed E-state index contributed by atoms with van der Waals surface area (Å²) in [6.45, 7) is 6.35. The van der Waals surface area contributed by atoms with Crippen molar-refractivity contribution in [2.75, 3.05) is 13.1 Å². The molecule has 1 saturated heterocycles. The van der Waals surface area contributed by atoms with E-state index in [1.54, 1.807) is 0 Å². The smallest absolute Gasteiger partial charge is 0.310 e. The Bertz CT molecular complexity index is 489. The minimum Gasteiger partial charge on any atom is -0.481 e. The number of carbonyl (C=O) groups is 1. The van der Waals surface area contributed by atoms with E-state index in [0.29, 0.717) is 6.54 Å². The number of halogens is 1. The van der Waals surface area contributed by atoms with Crippen LogP contribution in [0.15, 0.2) is 22.7 Å². The van der Waals surface area contributed by atoms with Gasteiger partial charge in [0.1, 0.15) is 0 Å². The molecule has 3 nitrogen and oxygen atoms in total. The zero-order valence-electron chi connectivity index (χ0n) is 11.4. The van der Waals surface area contributed by atoms with Gasteiger partial charge < -0.3 is 5.11 Å². The number of aryl methyl sites for hydroxylation is 1. The van der Waals surface area contributed by atoms with Crippen LogP contribution in [0.3, 0.4) is 0 Å². The van der Waals surface area contributed by atoms with Crippen LogP contribution in [0.2, 0.25) is 0 Å². The molecule has 0 spiro atoms. The van der Waals surface area contributed by atoms with Crippen LogP contribution in [-0.2, 0) is 11.3 Å². The number of likely N-dealkylation sites (tertiary alicyclic amines) is 1. The fourth-order valence-electron chi connectivity index (χ4n) is 2.65. The van der Waals surface area contributed by atoms with Crippen molar-refractivity contribution in [2.24, 2.45) is 5.41 Å². The van der Waals surface area contributed by atoms with Crippen LogP contribution in [-0.4, -0.2) is 29.1 Å². The first-order chi connectivity index (χ1) is 8.90. The molecule has 1 N–H and O–H groups in total. The van der Waals surface area contributed by atoms with Gasteiger partial charge >= 0.3 is 5.97 Å². The molecule has 1 unspecified atom stereocenters. The van der Waals surface area contributed by atoms with E-state index in [1.165, 1.54) is 11.1 Å². The molecule has 0 aromatic heterocycles. The van der Waals surface area contributed by atoms with Crippen LogP contribution < -0.4 is 0 Å². The van der Waals surface area contributed by atoms with Crippen molar-refractivity contribution >= 4 is 21.9 Å². The molecule has 0 radical (unpaired) electrons. The molecule has 1 aromatic carbocycles. The highest BCUT2D eigenvalue weighted by atomic mass is 79.9. The molecule has 1 heterocycles. The Balaban J connectivity index is 2.06. The first-order valence-electron chi connectivity index (χ1n) is 6.61. The Kier molecular flexibility index (Phi) is 4.31. The summed E-state index contributed by atoms with van der Waals surface area (Å²) in [6, 6.07) is 6.34. The number of rotatable bonds is 3. The lowest BCUT2D eigenvalue weighted by atomic mass is 9.82. The van der Waals surface area contributed by atoms with Crippen molar-refractivity contribution in [1.29, 1.82) is 0 Å². The lowest BCUT2D eigenvalue weighted by Crippen LogP contribution is -2.45. The summed E-state index contributed by atoms with van der Waals surface area (Å²) >= 11 is 3.54. The van der Waals surface area contributed by atoms with Gasteiger partial charge in [-0.15, -0.1) is 0 Å². The van der Waals surface area contributed by atoms with Crippen LogP contribution in [0.4, 0.5) is 0 Å². The van der Waals surface area contributed by atoms with E-state index >= 15 is 0 Å². The van der Waals surface area contributed by atoms with Crippen molar-refractivity contribution in [3.63, 3.8) is 0 Å². The number of nitrogens with zero attached hydrogens (tertiary/aromatic N) is 1. The topological polar surface area (TPSA) is 40.5 Å². The summed E-state index contributed by atoms with van der Waals surface area (Å²) in [4.78, 5) is 13.6. The van der Waals surface area contributed by atoms with Gasteiger partial charge in [-0.25, -0.2) is 0 Å². The van der Waals surface area contributed by atoms with Crippen LogP contribution >= 0.6 is 15.9 Å². The zero-order valence-corrected chi connectivity index (χ0v) is 13.0. The first kappa shape index (κ1) is 14.5. The molecule has 1 fully saturated rings. The normalized spacial score (nSPS) is 24.4. The minimum absolute atomic E-state index is 0.597. The molecule has 0 amide bonds. The van der Waals surface area contributed by atoms with Gasteiger partial charge in [0.25, 0.3) is 0 Å². The van der Waals surface area contributed by atoms with Crippen molar-refractivity contribution in [3.05, 3.63) is 33.8 Å². The average Bonchev–Trinajstić information content (AvgIpc) is 2.34. The van der Waals surface area contributed by atoms with E-state index in [-0.39, 0.29) is 0 Å². The molecular weight excluding hydrogens is 306 g/mol. The van der Waals surface area contributed by atoms with E-state index in [9.17, 15) is 9.90 Å². The number of hydrogen-bond acceptors (Lipinski definition) is 2. The number of aliphatic carboxylic acids is 1. The molecule has 1 aliphatic rings. The highest BCUT2D eigenvalue weighted by Gasteiger charge is 2.37. The van der Waals surface area contributed by atoms with Gasteiger partial charge in [0.15, 0.2) is 0 Å². The second kappa shape index (κ2) is 5.63. The standard InChI is InChI=1S/C15H20BrNO2/c1-11-4-5-12(8-13(11)16)9-17-7-3-6-15(2,10-17)14(18)19/h4-5,8H,3,6-7,9-10H2,1-2H3,(H,18,19). The molecule has 4 heteroatoms. The second-order valence-corrected chi connectivity index (χ2v) is 6.62. The summed E-state index contributed by atoms with van der Waals surface area (Å²) in [5.74, 6) is -0.678. The van der Waals surface area contributed by atoms with Gasteiger partial charge in [0.05, 0.1) is 5.41 Å². The second-order valence-electron chi connectivity index (χ2n) is 5.76. The minimum atomic E-state index is -0.678. The van der Waals surface area contributed by atoms with Gasteiger partial charge in [-0.05, 0) is 50.4 Å². The first-order valence-corrected chi connectivity index (χ1v) is 7.41. The molecule has 19 heavy (non-hydrogen) atoms. The van der Waals surface area contributed by atoms with Crippen LogP contribution in [0.5, 0.6) is 0 Å². The number of carboxylic acid groups (broad SMARTS) is 1. The lowest BCUT2D eigenvalue weighted by molar-refractivity contribution is -0.151. The summed E-state index contributed by atoms with van der Waals surface area (Å²) in [5, 5.41) is 9.33. The SMILES string of the molecule is Cc1ccc(CN2CCCC(C)(C(=O)O)C2)cc1Br. The van der Waals surface area contributed by atoms with Crippen molar-refractivity contribution in [2.45, 2.75) is 33.2 Å². The zero-order chi connectivity index (χ0) is 14.0. The van der Waals surface area contributed by atoms with Crippen LogP contribution in [0, 0.1) is 12.3 Å². The molecule has 1 aliphatic heterocycles. The Morgan fingerprint density at radius 2 is 2.26 bits per heavy atom. The van der Waals surface area contributed by atoms with Crippen LogP contribution in [0.25, 0.3) is 0 Å². The summed E-state index contributed by atoms with van der Waals surface area (Å²) in [5.41, 5.74) is 1.85.